The third kappa shape index (κ3) is 5.08. The number of rotatable bonds is 7. The SMILES string of the molecule is COc1ccc(CN2CCN([C@@H](C)C(=O)N(C)c3ccccc3)CC2)cc1OC. The monoisotopic (exact) mass is 397 g/mol. The topological polar surface area (TPSA) is 45.2 Å². The summed E-state index contributed by atoms with van der Waals surface area (Å²) in [5, 5.41) is 0. The predicted octanol–water partition coefficient (Wildman–Crippen LogP) is 2.87. The summed E-state index contributed by atoms with van der Waals surface area (Å²) in [6, 6.07) is 15.7. The van der Waals surface area contributed by atoms with E-state index in [1.165, 1.54) is 5.56 Å². The molecule has 0 aliphatic carbocycles. The van der Waals surface area contributed by atoms with Crippen molar-refractivity contribution in [3.63, 3.8) is 0 Å². The first-order chi connectivity index (χ1) is 14.0. The van der Waals surface area contributed by atoms with E-state index in [1.54, 1.807) is 19.1 Å². The first-order valence-corrected chi connectivity index (χ1v) is 10.0. The summed E-state index contributed by atoms with van der Waals surface area (Å²) in [7, 11) is 5.15. The van der Waals surface area contributed by atoms with E-state index < -0.39 is 0 Å². The number of piperazine rings is 1. The Hall–Kier alpha value is -2.57. The van der Waals surface area contributed by atoms with Crippen LogP contribution in [0.4, 0.5) is 5.69 Å². The minimum Gasteiger partial charge on any atom is -0.493 e. The summed E-state index contributed by atoms with van der Waals surface area (Å²) >= 11 is 0. The highest BCUT2D eigenvalue weighted by atomic mass is 16.5. The summed E-state index contributed by atoms with van der Waals surface area (Å²) in [4.78, 5) is 19.3. The van der Waals surface area contributed by atoms with E-state index in [4.69, 9.17) is 9.47 Å². The Bertz CT molecular complexity index is 804. The number of ether oxygens (including phenoxy) is 2. The molecule has 0 radical (unpaired) electrons. The highest BCUT2D eigenvalue weighted by Crippen LogP contribution is 2.28. The van der Waals surface area contributed by atoms with Crippen molar-refractivity contribution in [2.75, 3.05) is 52.3 Å². The number of methoxy groups -OCH3 is 2. The van der Waals surface area contributed by atoms with Crippen LogP contribution in [-0.2, 0) is 11.3 Å². The maximum atomic E-state index is 12.9. The molecule has 1 amide bonds. The van der Waals surface area contributed by atoms with Crippen molar-refractivity contribution >= 4 is 11.6 Å². The molecule has 6 heteroatoms. The van der Waals surface area contributed by atoms with Crippen molar-refractivity contribution in [3.05, 3.63) is 54.1 Å². The average molecular weight is 398 g/mol. The molecule has 0 unspecified atom stereocenters. The van der Waals surface area contributed by atoms with E-state index in [-0.39, 0.29) is 11.9 Å². The van der Waals surface area contributed by atoms with E-state index in [9.17, 15) is 4.79 Å². The van der Waals surface area contributed by atoms with Crippen molar-refractivity contribution in [2.24, 2.45) is 0 Å². The van der Waals surface area contributed by atoms with E-state index in [1.807, 2.05) is 56.4 Å². The second-order valence-corrected chi connectivity index (χ2v) is 7.41. The number of likely N-dealkylation sites (N-methyl/N-ethyl adjacent to an activating group) is 1. The van der Waals surface area contributed by atoms with Crippen molar-refractivity contribution in [3.8, 4) is 11.5 Å². The lowest BCUT2D eigenvalue weighted by molar-refractivity contribution is -0.123. The molecule has 2 aromatic rings. The molecule has 1 atom stereocenters. The predicted molar refractivity (Wildman–Crippen MR) is 116 cm³/mol. The van der Waals surface area contributed by atoms with Gasteiger partial charge in [-0.15, -0.1) is 0 Å². The van der Waals surface area contributed by atoms with Crippen LogP contribution in [0.3, 0.4) is 0 Å². The van der Waals surface area contributed by atoms with Gasteiger partial charge in [0.1, 0.15) is 0 Å². The molecular formula is C23H31N3O3. The van der Waals surface area contributed by atoms with Gasteiger partial charge in [-0.1, -0.05) is 24.3 Å². The van der Waals surface area contributed by atoms with E-state index in [2.05, 4.69) is 15.9 Å². The molecule has 1 saturated heterocycles. The van der Waals surface area contributed by atoms with Crippen LogP contribution in [0.5, 0.6) is 11.5 Å². The van der Waals surface area contributed by atoms with Crippen LogP contribution in [0.1, 0.15) is 12.5 Å². The number of amides is 1. The largest absolute Gasteiger partial charge is 0.493 e. The van der Waals surface area contributed by atoms with Crippen molar-refractivity contribution in [2.45, 2.75) is 19.5 Å². The smallest absolute Gasteiger partial charge is 0.243 e. The minimum atomic E-state index is -0.136. The van der Waals surface area contributed by atoms with Crippen LogP contribution in [-0.4, -0.2) is 69.2 Å². The zero-order chi connectivity index (χ0) is 20.8. The highest BCUT2D eigenvalue weighted by Gasteiger charge is 2.28. The Morgan fingerprint density at radius 1 is 1.00 bits per heavy atom. The molecule has 1 aliphatic rings. The van der Waals surface area contributed by atoms with E-state index in [0.717, 1.165) is 49.9 Å². The molecule has 0 spiro atoms. The van der Waals surface area contributed by atoms with Crippen LogP contribution in [0.15, 0.2) is 48.5 Å². The third-order valence-corrected chi connectivity index (χ3v) is 5.64. The van der Waals surface area contributed by atoms with Gasteiger partial charge >= 0.3 is 0 Å². The third-order valence-electron chi connectivity index (χ3n) is 5.64. The molecule has 1 aliphatic heterocycles. The number of nitrogens with zero attached hydrogens (tertiary/aromatic N) is 3. The molecule has 6 nitrogen and oxygen atoms in total. The fourth-order valence-electron chi connectivity index (χ4n) is 3.76. The van der Waals surface area contributed by atoms with Crippen LogP contribution >= 0.6 is 0 Å². The molecule has 3 rings (SSSR count). The van der Waals surface area contributed by atoms with Crippen LogP contribution in [0.25, 0.3) is 0 Å². The van der Waals surface area contributed by atoms with Crippen LogP contribution < -0.4 is 14.4 Å². The number of anilines is 1. The van der Waals surface area contributed by atoms with Gasteiger partial charge in [0.05, 0.1) is 20.3 Å². The summed E-state index contributed by atoms with van der Waals surface area (Å²) in [6.07, 6.45) is 0. The average Bonchev–Trinajstić information content (AvgIpc) is 2.78. The standard InChI is InChI=1S/C23H31N3O3/c1-18(23(27)24(2)20-8-6-5-7-9-20)26-14-12-25(13-15-26)17-19-10-11-21(28-3)22(16-19)29-4/h5-11,16,18H,12-15,17H2,1-4H3/t18-/m0/s1. The molecule has 1 heterocycles. The van der Waals surface area contributed by atoms with Gasteiger partial charge in [0.25, 0.3) is 0 Å². The molecule has 1 fully saturated rings. The molecule has 0 N–H and O–H groups in total. The number of hydrogen-bond acceptors (Lipinski definition) is 5. The van der Waals surface area contributed by atoms with Gasteiger partial charge in [-0.2, -0.15) is 0 Å². The maximum Gasteiger partial charge on any atom is 0.243 e. The zero-order valence-electron chi connectivity index (χ0n) is 17.8. The number of hydrogen-bond donors (Lipinski definition) is 0. The van der Waals surface area contributed by atoms with Crippen LogP contribution in [0.2, 0.25) is 0 Å². The zero-order valence-corrected chi connectivity index (χ0v) is 17.8. The Labute approximate surface area is 173 Å². The Morgan fingerprint density at radius 2 is 1.66 bits per heavy atom. The summed E-state index contributed by atoms with van der Waals surface area (Å²) in [5.74, 6) is 1.63. The molecule has 0 saturated carbocycles. The molecule has 0 bridgehead atoms. The lowest BCUT2D eigenvalue weighted by Crippen LogP contribution is -2.53. The van der Waals surface area contributed by atoms with Gasteiger partial charge in [0.2, 0.25) is 5.91 Å². The van der Waals surface area contributed by atoms with Gasteiger partial charge in [-0.05, 0) is 36.8 Å². The fourth-order valence-corrected chi connectivity index (χ4v) is 3.76. The van der Waals surface area contributed by atoms with Crippen molar-refractivity contribution in [1.82, 2.24) is 9.80 Å². The Morgan fingerprint density at radius 3 is 2.28 bits per heavy atom. The van der Waals surface area contributed by atoms with Crippen molar-refractivity contribution < 1.29 is 14.3 Å². The number of carbonyl (C=O) groups excluding carboxylic acids is 1. The Kier molecular flexibility index (Phi) is 7.12. The van der Waals surface area contributed by atoms with Gasteiger partial charge < -0.3 is 14.4 Å². The highest BCUT2D eigenvalue weighted by molar-refractivity contribution is 5.96. The molecular weight excluding hydrogens is 366 g/mol. The number of carbonyl (C=O) groups is 1. The molecule has 0 aromatic heterocycles. The number of benzene rings is 2. The van der Waals surface area contributed by atoms with Crippen molar-refractivity contribution in [1.29, 1.82) is 0 Å². The Balaban J connectivity index is 1.54. The first-order valence-electron chi connectivity index (χ1n) is 10.0. The molecule has 2 aromatic carbocycles. The first kappa shape index (κ1) is 21.1. The normalized spacial score (nSPS) is 16.3. The van der Waals surface area contributed by atoms with Gasteiger partial charge in [0, 0.05) is 45.5 Å². The summed E-state index contributed by atoms with van der Waals surface area (Å²) in [5.41, 5.74) is 2.13. The van der Waals surface area contributed by atoms with Gasteiger partial charge in [-0.3, -0.25) is 14.6 Å². The fraction of sp³-hybridized carbons (Fsp3) is 0.435. The van der Waals surface area contributed by atoms with E-state index in [0.29, 0.717) is 0 Å². The summed E-state index contributed by atoms with van der Waals surface area (Å²) < 4.78 is 10.7. The second-order valence-electron chi connectivity index (χ2n) is 7.41. The van der Waals surface area contributed by atoms with E-state index >= 15 is 0 Å². The molecule has 29 heavy (non-hydrogen) atoms. The van der Waals surface area contributed by atoms with Crippen LogP contribution in [0, 0.1) is 0 Å². The molecule has 156 valence electrons. The quantitative estimate of drug-likeness (QED) is 0.719. The van der Waals surface area contributed by atoms with Gasteiger partial charge in [0.15, 0.2) is 11.5 Å². The minimum absolute atomic E-state index is 0.129. The second kappa shape index (κ2) is 9.76. The van der Waals surface area contributed by atoms with Gasteiger partial charge in [-0.25, -0.2) is 0 Å². The summed E-state index contributed by atoms with van der Waals surface area (Å²) in [6.45, 7) is 6.49. The maximum absolute atomic E-state index is 12.9. The lowest BCUT2D eigenvalue weighted by atomic mass is 10.1. The lowest BCUT2D eigenvalue weighted by Gasteiger charge is -2.38. The number of para-hydroxylation sites is 1.